The molecule has 3 aromatic rings. The first-order valence-electron chi connectivity index (χ1n) is 9.63. The van der Waals surface area contributed by atoms with Gasteiger partial charge in [-0.25, -0.2) is 0 Å². The summed E-state index contributed by atoms with van der Waals surface area (Å²) in [7, 11) is 0. The lowest BCUT2D eigenvalue weighted by molar-refractivity contribution is 0.706. The van der Waals surface area contributed by atoms with E-state index in [2.05, 4.69) is 58.9 Å². The number of nitrogens with zero attached hydrogens (tertiary/aromatic N) is 4. The van der Waals surface area contributed by atoms with Crippen LogP contribution in [0.25, 0.3) is 5.65 Å². The summed E-state index contributed by atoms with van der Waals surface area (Å²) in [5.41, 5.74) is 2.21. The van der Waals surface area contributed by atoms with Crippen molar-refractivity contribution in [3.05, 3.63) is 66.1 Å². The lowest BCUT2D eigenvalue weighted by Crippen LogP contribution is -2.38. The van der Waals surface area contributed by atoms with Gasteiger partial charge in [-0.2, -0.15) is 0 Å². The molecule has 1 atom stereocenters. The van der Waals surface area contributed by atoms with E-state index in [0.29, 0.717) is 5.92 Å². The number of fused-ring (bicyclic) bond motifs is 1. The quantitative estimate of drug-likeness (QED) is 0.366. The van der Waals surface area contributed by atoms with E-state index in [9.17, 15) is 0 Å². The summed E-state index contributed by atoms with van der Waals surface area (Å²) in [6, 6.07) is 16.5. The third kappa shape index (κ3) is 5.29. The first-order chi connectivity index (χ1) is 13.3. The van der Waals surface area contributed by atoms with Crippen LogP contribution in [0.1, 0.15) is 37.6 Å². The molecule has 142 valence electrons. The molecule has 0 radical (unpaired) electrons. The summed E-state index contributed by atoms with van der Waals surface area (Å²) in [6.45, 7) is 6.74. The minimum Gasteiger partial charge on any atom is -0.357 e. The molecule has 2 aromatic heterocycles. The number of aliphatic imine (C=N–C) groups is 1. The van der Waals surface area contributed by atoms with E-state index >= 15 is 0 Å². The number of benzene rings is 1. The zero-order valence-electron chi connectivity index (χ0n) is 16.1. The molecule has 0 spiro atoms. The third-order valence-electron chi connectivity index (χ3n) is 4.49. The molecule has 0 fully saturated rings. The SMILES string of the molecule is CCNC(=NCC(C)c1ccccc1)NCCCc1nnc2ccccn12. The smallest absolute Gasteiger partial charge is 0.191 e. The highest BCUT2D eigenvalue weighted by Gasteiger charge is 2.06. The number of rotatable bonds is 8. The highest BCUT2D eigenvalue weighted by atomic mass is 15.2. The van der Waals surface area contributed by atoms with Crippen LogP contribution in [0.3, 0.4) is 0 Å². The van der Waals surface area contributed by atoms with Crippen molar-refractivity contribution < 1.29 is 0 Å². The molecule has 0 saturated carbocycles. The highest BCUT2D eigenvalue weighted by molar-refractivity contribution is 5.79. The molecule has 6 heteroatoms. The van der Waals surface area contributed by atoms with Gasteiger partial charge in [0.05, 0.1) is 0 Å². The Hall–Kier alpha value is -2.89. The second kappa shape index (κ2) is 9.71. The number of nitrogens with one attached hydrogen (secondary N) is 2. The average Bonchev–Trinajstić information content (AvgIpc) is 3.13. The van der Waals surface area contributed by atoms with Crippen molar-refractivity contribution in [2.45, 2.75) is 32.6 Å². The number of pyridine rings is 1. The van der Waals surface area contributed by atoms with Gasteiger partial charge < -0.3 is 10.6 Å². The van der Waals surface area contributed by atoms with Gasteiger partial charge >= 0.3 is 0 Å². The molecule has 1 aromatic carbocycles. The van der Waals surface area contributed by atoms with Crippen LogP contribution in [-0.4, -0.2) is 40.2 Å². The summed E-state index contributed by atoms with van der Waals surface area (Å²) in [5.74, 6) is 2.25. The molecule has 2 heterocycles. The summed E-state index contributed by atoms with van der Waals surface area (Å²) < 4.78 is 2.04. The Kier molecular flexibility index (Phi) is 6.79. The summed E-state index contributed by atoms with van der Waals surface area (Å²) in [5, 5.41) is 15.2. The van der Waals surface area contributed by atoms with Crippen molar-refractivity contribution >= 4 is 11.6 Å². The number of hydrogen-bond acceptors (Lipinski definition) is 3. The fraction of sp³-hybridized carbons (Fsp3) is 0.381. The maximum absolute atomic E-state index is 4.74. The number of hydrogen-bond donors (Lipinski definition) is 2. The van der Waals surface area contributed by atoms with E-state index in [1.54, 1.807) is 0 Å². The molecule has 0 aliphatic heterocycles. The van der Waals surface area contributed by atoms with Crippen LogP contribution in [0, 0.1) is 0 Å². The Morgan fingerprint density at radius 3 is 2.70 bits per heavy atom. The largest absolute Gasteiger partial charge is 0.357 e. The van der Waals surface area contributed by atoms with Gasteiger partial charge in [0.15, 0.2) is 11.6 Å². The molecule has 3 rings (SSSR count). The minimum absolute atomic E-state index is 0.393. The summed E-state index contributed by atoms with van der Waals surface area (Å²) in [6.07, 6.45) is 3.85. The lowest BCUT2D eigenvalue weighted by Gasteiger charge is -2.13. The van der Waals surface area contributed by atoms with Crippen LogP contribution in [0.2, 0.25) is 0 Å². The zero-order chi connectivity index (χ0) is 18.9. The van der Waals surface area contributed by atoms with Gasteiger partial charge in [-0.3, -0.25) is 9.39 Å². The van der Waals surface area contributed by atoms with Crippen molar-refractivity contribution in [3.8, 4) is 0 Å². The van der Waals surface area contributed by atoms with Crippen LogP contribution < -0.4 is 10.6 Å². The molecule has 0 amide bonds. The lowest BCUT2D eigenvalue weighted by atomic mass is 10.0. The molecular weight excluding hydrogens is 336 g/mol. The number of aryl methyl sites for hydroxylation is 1. The van der Waals surface area contributed by atoms with E-state index in [1.807, 2.05) is 34.9 Å². The van der Waals surface area contributed by atoms with E-state index in [4.69, 9.17) is 4.99 Å². The van der Waals surface area contributed by atoms with Crippen molar-refractivity contribution in [3.63, 3.8) is 0 Å². The predicted molar refractivity (Wildman–Crippen MR) is 110 cm³/mol. The topological polar surface area (TPSA) is 66.6 Å². The average molecular weight is 364 g/mol. The molecular formula is C21H28N6. The molecule has 0 aliphatic carbocycles. The van der Waals surface area contributed by atoms with E-state index in [-0.39, 0.29) is 0 Å². The normalized spacial score (nSPS) is 12.9. The van der Waals surface area contributed by atoms with Gasteiger partial charge in [0, 0.05) is 38.2 Å². The fourth-order valence-electron chi connectivity index (χ4n) is 2.97. The Bertz CT molecular complexity index is 855. The molecule has 6 nitrogen and oxygen atoms in total. The first-order valence-corrected chi connectivity index (χ1v) is 9.63. The zero-order valence-corrected chi connectivity index (χ0v) is 16.1. The second-order valence-corrected chi connectivity index (χ2v) is 6.61. The highest BCUT2D eigenvalue weighted by Crippen LogP contribution is 2.14. The molecule has 1 unspecified atom stereocenters. The standard InChI is InChI=1S/C21H28N6/c1-3-22-21(24-16-17(2)18-10-5-4-6-11-18)23-14-9-13-20-26-25-19-12-7-8-15-27(19)20/h4-8,10-12,15,17H,3,9,13-14,16H2,1-2H3,(H2,22,23,24). The molecule has 0 bridgehead atoms. The van der Waals surface area contributed by atoms with Gasteiger partial charge in [-0.05, 0) is 31.0 Å². The monoisotopic (exact) mass is 364 g/mol. The third-order valence-corrected chi connectivity index (χ3v) is 4.49. The van der Waals surface area contributed by atoms with E-state index < -0.39 is 0 Å². The Morgan fingerprint density at radius 1 is 1.07 bits per heavy atom. The van der Waals surface area contributed by atoms with Gasteiger partial charge in [0.25, 0.3) is 0 Å². The van der Waals surface area contributed by atoms with Crippen LogP contribution in [0.5, 0.6) is 0 Å². The Morgan fingerprint density at radius 2 is 1.89 bits per heavy atom. The second-order valence-electron chi connectivity index (χ2n) is 6.61. The van der Waals surface area contributed by atoms with Crippen molar-refractivity contribution in [1.82, 2.24) is 25.2 Å². The van der Waals surface area contributed by atoms with Crippen molar-refractivity contribution in [2.24, 2.45) is 4.99 Å². The van der Waals surface area contributed by atoms with E-state index in [0.717, 1.165) is 49.9 Å². The first kappa shape index (κ1) is 18.9. The van der Waals surface area contributed by atoms with Crippen LogP contribution in [0.4, 0.5) is 0 Å². The van der Waals surface area contributed by atoms with E-state index in [1.165, 1.54) is 5.56 Å². The molecule has 2 N–H and O–H groups in total. The molecule has 0 aliphatic rings. The fourth-order valence-corrected chi connectivity index (χ4v) is 2.97. The minimum atomic E-state index is 0.393. The summed E-state index contributed by atoms with van der Waals surface area (Å²) >= 11 is 0. The predicted octanol–water partition coefficient (Wildman–Crippen LogP) is 3.02. The number of aromatic nitrogens is 3. The maximum Gasteiger partial charge on any atom is 0.191 e. The summed E-state index contributed by atoms with van der Waals surface area (Å²) in [4.78, 5) is 4.74. The van der Waals surface area contributed by atoms with Crippen LogP contribution in [0.15, 0.2) is 59.7 Å². The van der Waals surface area contributed by atoms with Crippen LogP contribution >= 0.6 is 0 Å². The van der Waals surface area contributed by atoms with Crippen molar-refractivity contribution in [1.29, 1.82) is 0 Å². The molecule has 27 heavy (non-hydrogen) atoms. The number of guanidine groups is 1. The van der Waals surface area contributed by atoms with Crippen LogP contribution in [-0.2, 0) is 6.42 Å². The Labute approximate surface area is 160 Å². The van der Waals surface area contributed by atoms with Gasteiger partial charge in [-0.15, -0.1) is 10.2 Å². The van der Waals surface area contributed by atoms with Crippen molar-refractivity contribution in [2.75, 3.05) is 19.6 Å². The van der Waals surface area contributed by atoms with Gasteiger partial charge in [0.2, 0.25) is 0 Å². The molecule has 0 saturated heterocycles. The van der Waals surface area contributed by atoms with Gasteiger partial charge in [0.1, 0.15) is 5.82 Å². The maximum atomic E-state index is 4.74. The van der Waals surface area contributed by atoms with Gasteiger partial charge in [-0.1, -0.05) is 43.3 Å². The Balaban J connectivity index is 1.49.